The summed E-state index contributed by atoms with van der Waals surface area (Å²) >= 11 is 0. The third-order valence-corrected chi connectivity index (χ3v) is 6.37. The molecule has 8 nitrogen and oxygen atoms in total. The van der Waals surface area contributed by atoms with Crippen molar-refractivity contribution in [3.05, 3.63) is 29.7 Å². The molecule has 1 aliphatic carbocycles. The number of pyridine rings is 1. The summed E-state index contributed by atoms with van der Waals surface area (Å²) < 4.78 is 2.08. The molecular formula is C23H31N5O3. The van der Waals surface area contributed by atoms with Gasteiger partial charge in [0, 0.05) is 36.0 Å². The molecule has 0 aromatic carbocycles. The Morgan fingerprint density at radius 2 is 2.06 bits per heavy atom. The molecule has 166 valence electrons. The van der Waals surface area contributed by atoms with Gasteiger partial charge in [0.25, 0.3) is 0 Å². The molecular weight excluding hydrogens is 394 g/mol. The lowest BCUT2D eigenvalue weighted by molar-refractivity contribution is -0.126. The maximum Gasteiger partial charge on any atom is 0.245 e. The van der Waals surface area contributed by atoms with Crippen LogP contribution in [0, 0.1) is 18.3 Å². The lowest BCUT2D eigenvalue weighted by Gasteiger charge is -2.28. The molecule has 0 saturated heterocycles. The van der Waals surface area contributed by atoms with E-state index in [2.05, 4.69) is 39.2 Å². The van der Waals surface area contributed by atoms with Crippen molar-refractivity contribution in [2.75, 3.05) is 11.9 Å². The summed E-state index contributed by atoms with van der Waals surface area (Å²) in [4.78, 5) is 28.8. The van der Waals surface area contributed by atoms with Crippen LogP contribution in [-0.4, -0.2) is 44.3 Å². The van der Waals surface area contributed by atoms with Gasteiger partial charge in [-0.05, 0) is 55.2 Å². The van der Waals surface area contributed by atoms with Crippen LogP contribution in [-0.2, 0) is 22.6 Å². The molecule has 2 aromatic heterocycles. The van der Waals surface area contributed by atoms with Gasteiger partial charge >= 0.3 is 0 Å². The molecule has 2 atom stereocenters. The number of carbonyl (C=O) groups is 2. The topological polar surface area (TPSA) is 109 Å². The minimum Gasteiger partial charge on any atom is -0.387 e. The van der Waals surface area contributed by atoms with Gasteiger partial charge in [0.2, 0.25) is 11.8 Å². The summed E-state index contributed by atoms with van der Waals surface area (Å²) in [5, 5.41) is 19.3. The molecule has 1 aliphatic heterocycles. The zero-order valence-electron chi connectivity index (χ0n) is 18.4. The Labute approximate surface area is 182 Å². The van der Waals surface area contributed by atoms with E-state index in [1.54, 1.807) is 6.20 Å². The van der Waals surface area contributed by atoms with Gasteiger partial charge < -0.3 is 15.7 Å². The van der Waals surface area contributed by atoms with Crippen molar-refractivity contribution in [3.8, 4) is 11.1 Å². The summed E-state index contributed by atoms with van der Waals surface area (Å²) in [7, 11) is 0. The number of aliphatic hydroxyl groups excluding tert-OH is 1. The minimum atomic E-state index is -0.529. The van der Waals surface area contributed by atoms with Crippen LogP contribution < -0.4 is 10.6 Å². The van der Waals surface area contributed by atoms with Crippen LogP contribution in [0.1, 0.15) is 50.8 Å². The molecule has 0 spiro atoms. The van der Waals surface area contributed by atoms with E-state index in [9.17, 15) is 9.59 Å². The molecule has 8 heteroatoms. The van der Waals surface area contributed by atoms with E-state index in [1.165, 1.54) is 5.69 Å². The second-order valence-corrected chi connectivity index (χ2v) is 9.66. The van der Waals surface area contributed by atoms with Gasteiger partial charge in [-0.1, -0.05) is 20.3 Å². The van der Waals surface area contributed by atoms with Gasteiger partial charge in [-0.2, -0.15) is 5.10 Å². The fourth-order valence-corrected chi connectivity index (χ4v) is 4.82. The summed E-state index contributed by atoms with van der Waals surface area (Å²) in [6, 6.07) is 1.86. The van der Waals surface area contributed by atoms with Crippen molar-refractivity contribution in [1.82, 2.24) is 20.1 Å². The molecule has 0 radical (unpaired) electrons. The van der Waals surface area contributed by atoms with Crippen LogP contribution in [0.15, 0.2) is 18.5 Å². The Morgan fingerprint density at radius 1 is 1.26 bits per heavy atom. The van der Waals surface area contributed by atoms with Crippen molar-refractivity contribution in [2.24, 2.45) is 11.3 Å². The van der Waals surface area contributed by atoms with E-state index in [-0.39, 0.29) is 23.3 Å². The summed E-state index contributed by atoms with van der Waals surface area (Å²) in [6.07, 6.45) is 7.71. The first-order chi connectivity index (χ1) is 14.8. The molecule has 2 aromatic rings. The summed E-state index contributed by atoms with van der Waals surface area (Å²) in [6.45, 7) is 6.90. The Balaban J connectivity index is 1.48. The lowest BCUT2D eigenvalue weighted by Crippen LogP contribution is -2.42. The molecule has 3 N–H and O–H groups in total. The normalized spacial score (nSPS) is 22.1. The van der Waals surface area contributed by atoms with Crippen molar-refractivity contribution in [2.45, 2.75) is 65.5 Å². The molecule has 0 unspecified atom stereocenters. The van der Waals surface area contributed by atoms with Gasteiger partial charge in [0.15, 0.2) is 0 Å². The quantitative estimate of drug-likeness (QED) is 0.682. The predicted octanol–water partition coefficient (Wildman–Crippen LogP) is 2.44. The maximum atomic E-state index is 12.9. The van der Waals surface area contributed by atoms with E-state index in [0.717, 1.165) is 48.9 Å². The monoisotopic (exact) mass is 425 g/mol. The number of aliphatic hydroxyl groups is 1. The number of carbonyl (C=O) groups excluding carboxylic acids is 2. The number of nitrogens with zero attached hydrogens (tertiary/aromatic N) is 3. The van der Waals surface area contributed by atoms with E-state index in [0.29, 0.717) is 12.2 Å². The van der Waals surface area contributed by atoms with Gasteiger partial charge in [0.1, 0.15) is 12.4 Å². The van der Waals surface area contributed by atoms with Crippen LogP contribution in [0.2, 0.25) is 0 Å². The van der Waals surface area contributed by atoms with Gasteiger partial charge in [-0.3, -0.25) is 14.3 Å². The first-order valence-electron chi connectivity index (χ1n) is 11.0. The zero-order chi connectivity index (χ0) is 22.2. The van der Waals surface area contributed by atoms with E-state index in [1.807, 2.05) is 19.2 Å². The molecule has 1 fully saturated rings. The van der Waals surface area contributed by atoms with Gasteiger partial charge in [-0.25, -0.2) is 4.98 Å². The van der Waals surface area contributed by atoms with Crippen LogP contribution in [0.4, 0.5) is 5.82 Å². The van der Waals surface area contributed by atoms with Crippen molar-refractivity contribution >= 4 is 17.6 Å². The Bertz CT molecular complexity index is 997. The number of fused-ring (bicyclic) bond motifs is 1. The highest BCUT2D eigenvalue weighted by Crippen LogP contribution is 2.38. The van der Waals surface area contributed by atoms with E-state index >= 15 is 0 Å². The summed E-state index contributed by atoms with van der Waals surface area (Å²) in [5.41, 5.74) is 4.61. The van der Waals surface area contributed by atoms with Crippen LogP contribution in [0.25, 0.3) is 11.1 Å². The Morgan fingerprint density at radius 3 is 2.84 bits per heavy atom. The second-order valence-electron chi connectivity index (χ2n) is 9.66. The molecule has 0 bridgehead atoms. The van der Waals surface area contributed by atoms with Crippen molar-refractivity contribution in [3.63, 3.8) is 0 Å². The first kappa shape index (κ1) is 21.5. The average Bonchev–Trinajstić information content (AvgIpc) is 3.24. The average molecular weight is 426 g/mol. The highest BCUT2D eigenvalue weighted by Gasteiger charge is 2.32. The number of hydrogen-bond donors (Lipinski definition) is 3. The second kappa shape index (κ2) is 8.42. The number of amides is 2. The number of anilines is 1. The van der Waals surface area contributed by atoms with Gasteiger partial charge in [-0.15, -0.1) is 0 Å². The standard InChI is InChI=1S/C23H31N5O3/c1-14-10-24-20(8-17(14)18-11-25-28-13-23(2,3)9-19(18)28)27-22(31)15-5-4-6-16(7-15)26-21(30)12-29/h8,10-11,15-16,29H,4-7,9,12-13H2,1-3H3,(H,26,30)(H,24,27,31)/t15-,16+/m0/s1. The third kappa shape index (κ3) is 4.63. The number of hydrogen-bond acceptors (Lipinski definition) is 5. The maximum absolute atomic E-state index is 12.9. The Hall–Kier alpha value is -2.74. The molecule has 3 heterocycles. The molecule has 2 amide bonds. The fourth-order valence-electron chi connectivity index (χ4n) is 4.82. The van der Waals surface area contributed by atoms with Crippen LogP contribution >= 0.6 is 0 Å². The zero-order valence-corrected chi connectivity index (χ0v) is 18.4. The SMILES string of the molecule is Cc1cnc(NC(=O)[C@H]2CCC[C@@H](NC(=O)CO)C2)cc1-c1cnn2c1CC(C)(C)C2. The third-order valence-electron chi connectivity index (χ3n) is 6.37. The summed E-state index contributed by atoms with van der Waals surface area (Å²) in [5.74, 6) is -0.130. The molecule has 2 aliphatic rings. The molecule has 31 heavy (non-hydrogen) atoms. The molecule has 1 saturated carbocycles. The van der Waals surface area contributed by atoms with E-state index < -0.39 is 12.5 Å². The number of aryl methyl sites for hydroxylation is 1. The number of aromatic nitrogens is 3. The highest BCUT2D eigenvalue weighted by molar-refractivity contribution is 5.92. The first-order valence-corrected chi connectivity index (χ1v) is 11.0. The number of rotatable bonds is 5. The minimum absolute atomic E-state index is 0.0772. The number of nitrogens with one attached hydrogen (secondary N) is 2. The van der Waals surface area contributed by atoms with Crippen molar-refractivity contribution < 1.29 is 14.7 Å². The highest BCUT2D eigenvalue weighted by atomic mass is 16.3. The predicted molar refractivity (Wildman–Crippen MR) is 117 cm³/mol. The lowest BCUT2D eigenvalue weighted by atomic mass is 9.85. The fraction of sp³-hybridized carbons (Fsp3) is 0.565. The van der Waals surface area contributed by atoms with Crippen LogP contribution in [0.5, 0.6) is 0 Å². The largest absolute Gasteiger partial charge is 0.387 e. The smallest absolute Gasteiger partial charge is 0.245 e. The Kier molecular flexibility index (Phi) is 5.83. The van der Waals surface area contributed by atoms with Crippen LogP contribution in [0.3, 0.4) is 0 Å². The molecule has 4 rings (SSSR count). The van der Waals surface area contributed by atoms with E-state index in [4.69, 9.17) is 5.11 Å². The van der Waals surface area contributed by atoms with Crippen molar-refractivity contribution in [1.29, 1.82) is 0 Å². The van der Waals surface area contributed by atoms with Gasteiger partial charge in [0.05, 0.1) is 6.20 Å².